The number of hydrogen-bond donors (Lipinski definition) is 1. The van der Waals surface area contributed by atoms with Crippen LogP contribution >= 0.6 is 0 Å². The molecule has 0 atom stereocenters. The molecule has 0 aromatic heterocycles. The van der Waals surface area contributed by atoms with E-state index in [4.69, 9.17) is 15.3 Å². The Morgan fingerprint density at radius 2 is 1.67 bits per heavy atom. The fraction of sp³-hybridized carbons (Fsp3) is 0. The Morgan fingerprint density at radius 3 is 1.67 bits per heavy atom. The van der Waals surface area contributed by atoms with E-state index in [0.717, 1.165) is 0 Å². The average molecular weight is 148 g/mol. The first-order valence-electron chi connectivity index (χ1n) is 0.565. The van der Waals surface area contributed by atoms with Crippen LogP contribution in [0.3, 0.4) is 0 Å². The fourth-order valence-corrected chi connectivity index (χ4v) is 0. The maximum absolute atomic E-state index is 8.36. The molecule has 38 valence electrons. The maximum Gasteiger partial charge on any atom is 0.316 e. The van der Waals surface area contributed by atoms with Crippen molar-refractivity contribution in [1.82, 2.24) is 0 Å². The molecule has 0 radical (unpaired) electrons. The summed E-state index contributed by atoms with van der Waals surface area (Å²) in [6.45, 7) is 0. The Bertz CT molecular complexity index is 33.8. The second-order valence-electron chi connectivity index (χ2n) is 0.238. The molecule has 0 spiro atoms. The van der Waals surface area contributed by atoms with Gasteiger partial charge in [-0.1, -0.05) is 0 Å². The molecule has 1 N–H and O–H groups in total. The molecule has 0 aromatic rings. The van der Waals surface area contributed by atoms with E-state index in [-0.39, 0.29) is 39.5 Å². The second-order valence-corrected chi connectivity index (χ2v) is 0.238. The van der Waals surface area contributed by atoms with Crippen molar-refractivity contribution in [3.63, 3.8) is 0 Å². The summed E-state index contributed by atoms with van der Waals surface area (Å²) in [5, 5.41) is 13.6. The van der Waals surface area contributed by atoms with Crippen molar-refractivity contribution in [3.8, 4) is 0 Å². The van der Waals surface area contributed by atoms with E-state index in [0.29, 0.717) is 0 Å². The molecule has 0 aromatic carbocycles. The zero-order chi connectivity index (χ0) is 3.58. The summed E-state index contributed by atoms with van der Waals surface area (Å²) in [7, 11) is 0. The summed E-state index contributed by atoms with van der Waals surface area (Å²) in [4.78, 5) is 8.36. The smallest absolute Gasteiger partial charge is 0.316 e. The average Bonchev–Trinajstić information content (AvgIpc) is 0.811. The predicted molar refractivity (Wildman–Crippen MR) is 17.3 cm³/mol. The van der Waals surface area contributed by atoms with Crippen LogP contribution in [0.1, 0.15) is 0 Å². The Balaban J connectivity index is -0.0000000450. The van der Waals surface area contributed by atoms with Crippen LogP contribution < -0.4 is 0 Å². The summed E-state index contributed by atoms with van der Waals surface area (Å²) < 4.78 is 0. The minimum absolute atomic E-state index is 0. The van der Waals surface area contributed by atoms with Crippen LogP contribution in [-0.2, 0) is 16.5 Å². The van der Waals surface area contributed by atoms with Gasteiger partial charge >= 0.3 is 23.1 Å². The van der Waals surface area contributed by atoms with E-state index in [1.54, 1.807) is 0 Å². The Morgan fingerprint density at radius 1 is 1.67 bits per heavy atom. The van der Waals surface area contributed by atoms with Gasteiger partial charge in [-0.05, 0) is 0 Å². The fourth-order valence-electron chi connectivity index (χ4n) is 0. The second kappa shape index (κ2) is 9.07. The molecule has 6 heavy (non-hydrogen) atoms. The van der Waals surface area contributed by atoms with Crippen molar-refractivity contribution in [1.29, 1.82) is 0 Å². The van der Waals surface area contributed by atoms with Gasteiger partial charge in [0.25, 0.3) is 5.09 Å². The topological polar surface area (TPSA) is 63.4 Å². The molecule has 0 bridgehead atoms. The van der Waals surface area contributed by atoms with Crippen LogP contribution in [0.15, 0.2) is 0 Å². The molecule has 0 aliphatic rings. The van der Waals surface area contributed by atoms with Crippen LogP contribution in [-0.4, -0.2) is 33.3 Å². The molecular formula is H3MgNNiO3. The van der Waals surface area contributed by atoms with E-state index in [9.17, 15) is 0 Å². The third kappa shape index (κ3) is 253. The van der Waals surface area contributed by atoms with E-state index >= 15 is 0 Å². The van der Waals surface area contributed by atoms with Crippen LogP contribution in [0.25, 0.3) is 0 Å². The number of hydrogen-bond acceptors (Lipinski definition) is 2. The summed E-state index contributed by atoms with van der Waals surface area (Å²) in [6.07, 6.45) is 0. The van der Waals surface area contributed by atoms with E-state index in [1.807, 2.05) is 0 Å². The molecular weight excluding hydrogens is 145 g/mol. The predicted octanol–water partition coefficient (Wildman–Crippen LogP) is -1.27. The van der Waals surface area contributed by atoms with E-state index < -0.39 is 5.09 Å². The van der Waals surface area contributed by atoms with Gasteiger partial charge in [-0.15, -0.1) is 10.1 Å². The molecule has 0 heterocycles. The SMILES string of the molecule is O=[N+]([O-])O.[MgH2].[Ni]. The molecule has 4 nitrogen and oxygen atoms in total. The number of nitrogens with zero attached hydrogens (tertiary/aromatic N) is 1. The minimum atomic E-state index is -1.50. The van der Waals surface area contributed by atoms with Crippen molar-refractivity contribution < 1.29 is 26.8 Å². The Hall–Kier alpha value is 0.460. The van der Waals surface area contributed by atoms with Gasteiger partial charge in [0.2, 0.25) is 0 Å². The Labute approximate surface area is 60.1 Å². The molecule has 6 heteroatoms. The molecule has 0 rings (SSSR count). The quantitative estimate of drug-likeness (QED) is 0.265. The van der Waals surface area contributed by atoms with Crippen molar-refractivity contribution in [2.75, 3.05) is 0 Å². The first-order chi connectivity index (χ1) is 1.73. The zero-order valence-corrected chi connectivity index (χ0v) is 3.01. The maximum atomic E-state index is 8.36. The van der Waals surface area contributed by atoms with E-state index in [1.165, 1.54) is 0 Å². The molecule has 0 unspecified atom stereocenters. The standard InChI is InChI=1S/Mg.HNO3.Ni.2H/c;2-1(3)4;;;/h;(H,2,3,4);;;. The third-order valence-electron chi connectivity index (χ3n) is 0. The summed E-state index contributed by atoms with van der Waals surface area (Å²) in [5.74, 6) is 0. The minimum Gasteiger partial charge on any atom is -0.328 e. The van der Waals surface area contributed by atoms with Gasteiger partial charge < -0.3 is 5.21 Å². The molecule has 0 aliphatic heterocycles. The first-order valence-corrected chi connectivity index (χ1v) is 0.565. The van der Waals surface area contributed by atoms with Gasteiger partial charge in [0.05, 0.1) is 0 Å². The largest absolute Gasteiger partial charge is 0.328 e. The summed E-state index contributed by atoms with van der Waals surface area (Å²) in [5.41, 5.74) is 0. The van der Waals surface area contributed by atoms with E-state index in [2.05, 4.69) is 0 Å². The summed E-state index contributed by atoms with van der Waals surface area (Å²) >= 11 is 0. The third-order valence-corrected chi connectivity index (χ3v) is 0. The van der Waals surface area contributed by atoms with Crippen molar-refractivity contribution in [3.05, 3.63) is 10.1 Å². The van der Waals surface area contributed by atoms with Gasteiger partial charge in [0.15, 0.2) is 0 Å². The number of rotatable bonds is 0. The van der Waals surface area contributed by atoms with Gasteiger partial charge in [-0.25, -0.2) is 0 Å². The Kier molecular flexibility index (Phi) is 24.3. The molecule has 0 aliphatic carbocycles. The van der Waals surface area contributed by atoms with Gasteiger partial charge in [-0.3, -0.25) is 0 Å². The van der Waals surface area contributed by atoms with Crippen LogP contribution in [0, 0.1) is 10.1 Å². The molecule has 0 fully saturated rings. The molecule has 0 amide bonds. The molecule has 0 saturated heterocycles. The monoisotopic (exact) mass is 147 g/mol. The van der Waals surface area contributed by atoms with Crippen molar-refractivity contribution >= 4 is 23.1 Å². The van der Waals surface area contributed by atoms with Crippen LogP contribution in [0.5, 0.6) is 0 Å². The van der Waals surface area contributed by atoms with Crippen LogP contribution in [0.4, 0.5) is 0 Å². The van der Waals surface area contributed by atoms with Crippen molar-refractivity contribution in [2.45, 2.75) is 0 Å². The first kappa shape index (κ1) is 16.1. The zero-order valence-electron chi connectivity index (χ0n) is 2.03. The van der Waals surface area contributed by atoms with Crippen molar-refractivity contribution in [2.24, 2.45) is 0 Å². The van der Waals surface area contributed by atoms with Gasteiger partial charge in [0, 0.05) is 16.5 Å². The normalized spacial score (nSPS) is 4.00. The molecule has 0 saturated carbocycles. The summed E-state index contributed by atoms with van der Waals surface area (Å²) in [6, 6.07) is 0. The van der Waals surface area contributed by atoms with Gasteiger partial charge in [0.1, 0.15) is 0 Å². The van der Waals surface area contributed by atoms with Gasteiger partial charge in [-0.2, -0.15) is 0 Å². The van der Waals surface area contributed by atoms with Crippen LogP contribution in [0.2, 0.25) is 0 Å².